The second-order valence-corrected chi connectivity index (χ2v) is 9.42. The summed E-state index contributed by atoms with van der Waals surface area (Å²) in [5, 5.41) is 6.18. The van der Waals surface area contributed by atoms with Gasteiger partial charge in [0.05, 0.1) is 12.2 Å². The van der Waals surface area contributed by atoms with Crippen LogP contribution in [0.2, 0.25) is 0 Å². The number of aromatic nitrogens is 2. The second-order valence-electron chi connectivity index (χ2n) is 6.55. The Labute approximate surface area is 171 Å². The molecule has 0 unspecified atom stereocenters. The molecule has 0 radical (unpaired) electrons. The van der Waals surface area contributed by atoms with Gasteiger partial charge in [-0.2, -0.15) is 0 Å². The molecule has 4 rings (SSSR count). The lowest BCUT2D eigenvalue weighted by atomic mass is 10.2. The van der Waals surface area contributed by atoms with Gasteiger partial charge in [-0.3, -0.25) is 9.59 Å². The number of anilines is 2. The Morgan fingerprint density at radius 1 is 1.31 bits per heavy atom. The average molecular weight is 431 g/mol. The van der Waals surface area contributed by atoms with Crippen LogP contribution in [0.15, 0.2) is 47.6 Å². The molecule has 29 heavy (non-hydrogen) atoms. The van der Waals surface area contributed by atoms with Crippen LogP contribution < -0.4 is 15.5 Å². The summed E-state index contributed by atoms with van der Waals surface area (Å²) < 4.78 is 26.6. The summed E-state index contributed by atoms with van der Waals surface area (Å²) >= 11 is 1.46. The number of benzene rings is 1. The highest BCUT2D eigenvalue weighted by Gasteiger charge is 2.30. The van der Waals surface area contributed by atoms with Crippen molar-refractivity contribution in [2.24, 2.45) is 0 Å². The van der Waals surface area contributed by atoms with E-state index in [1.807, 2.05) is 19.0 Å². The number of nitrogens with one attached hydrogen (secondary N) is 2. The predicted octanol–water partition coefficient (Wildman–Crippen LogP) is 1.74. The number of fused-ring (bicyclic) bond motifs is 2. The lowest BCUT2D eigenvalue weighted by Gasteiger charge is -2.10. The van der Waals surface area contributed by atoms with Gasteiger partial charge in [-0.1, -0.05) is 0 Å². The summed E-state index contributed by atoms with van der Waals surface area (Å²) in [7, 11) is -0.171. The molecule has 2 amide bonds. The lowest BCUT2D eigenvalue weighted by molar-refractivity contribution is 0.0949. The number of nitrogens with zero attached hydrogens (tertiary/aromatic N) is 3. The van der Waals surface area contributed by atoms with Gasteiger partial charge in [-0.15, -0.1) is 11.3 Å². The summed E-state index contributed by atoms with van der Waals surface area (Å²) in [6, 6.07) is 7.02. The van der Waals surface area contributed by atoms with Crippen molar-refractivity contribution < 1.29 is 18.0 Å². The van der Waals surface area contributed by atoms with Crippen LogP contribution in [0.4, 0.5) is 10.8 Å². The van der Waals surface area contributed by atoms with Gasteiger partial charge in [0.15, 0.2) is 5.13 Å². The third-order valence-electron chi connectivity index (χ3n) is 4.32. The molecule has 0 fully saturated rings. The Balaban J connectivity index is 1.58. The van der Waals surface area contributed by atoms with E-state index in [4.69, 9.17) is 0 Å². The van der Waals surface area contributed by atoms with E-state index < -0.39 is 15.9 Å². The molecule has 2 N–H and O–H groups in total. The minimum absolute atomic E-state index is 0.00842. The molecule has 1 aromatic carbocycles. The van der Waals surface area contributed by atoms with Crippen molar-refractivity contribution in [2.45, 2.75) is 11.4 Å². The smallest absolute Gasteiger partial charge is 0.273 e. The van der Waals surface area contributed by atoms with Gasteiger partial charge in [0, 0.05) is 36.9 Å². The van der Waals surface area contributed by atoms with E-state index in [0.29, 0.717) is 0 Å². The highest BCUT2D eigenvalue weighted by Crippen LogP contribution is 2.29. The summed E-state index contributed by atoms with van der Waals surface area (Å²) in [5.41, 5.74) is 0.316. The van der Waals surface area contributed by atoms with Crippen LogP contribution in [0.5, 0.6) is 0 Å². The first-order valence-electron chi connectivity index (χ1n) is 8.56. The molecule has 3 aromatic rings. The van der Waals surface area contributed by atoms with Gasteiger partial charge in [-0.25, -0.2) is 17.4 Å². The molecule has 2 aromatic heterocycles. The van der Waals surface area contributed by atoms with Gasteiger partial charge in [0.25, 0.3) is 21.8 Å². The highest BCUT2D eigenvalue weighted by molar-refractivity contribution is 7.90. The van der Waals surface area contributed by atoms with E-state index in [9.17, 15) is 18.0 Å². The van der Waals surface area contributed by atoms with Gasteiger partial charge in [0.2, 0.25) is 0 Å². The summed E-state index contributed by atoms with van der Waals surface area (Å²) in [6.45, 7) is 0.289. The Hall–Kier alpha value is -3.18. The summed E-state index contributed by atoms with van der Waals surface area (Å²) in [6.07, 6.45) is 3.01. The third kappa shape index (κ3) is 3.38. The van der Waals surface area contributed by atoms with Gasteiger partial charge >= 0.3 is 0 Å². The topological polar surface area (TPSA) is 113 Å². The first-order chi connectivity index (χ1) is 13.8. The zero-order chi connectivity index (χ0) is 20.8. The van der Waals surface area contributed by atoms with E-state index in [2.05, 4.69) is 15.6 Å². The van der Waals surface area contributed by atoms with E-state index in [1.54, 1.807) is 6.20 Å². The molecule has 0 aliphatic carbocycles. The summed E-state index contributed by atoms with van der Waals surface area (Å²) in [5.74, 6) is -0.945. The number of carbonyl (C=O) groups excluding carboxylic acids is 2. The van der Waals surface area contributed by atoms with Crippen molar-refractivity contribution in [3.05, 3.63) is 58.9 Å². The molecule has 0 bridgehead atoms. The van der Waals surface area contributed by atoms with E-state index in [0.717, 1.165) is 14.0 Å². The largest absolute Gasteiger partial charge is 0.354 e. The molecule has 3 heterocycles. The average Bonchev–Trinajstić information content (AvgIpc) is 3.34. The minimum Gasteiger partial charge on any atom is -0.354 e. The van der Waals surface area contributed by atoms with Crippen molar-refractivity contribution >= 4 is 44.0 Å². The maximum absolute atomic E-state index is 12.8. The van der Waals surface area contributed by atoms with Crippen molar-refractivity contribution in [1.82, 2.24) is 14.3 Å². The van der Waals surface area contributed by atoms with Crippen molar-refractivity contribution in [2.75, 3.05) is 24.3 Å². The number of hydrogen-bond donors (Lipinski definition) is 2. The van der Waals surface area contributed by atoms with Crippen LogP contribution >= 0.6 is 11.3 Å². The Morgan fingerprint density at radius 3 is 2.83 bits per heavy atom. The third-order valence-corrected chi connectivity index (χ3v) is 7.23. The van der Waals surface area contributed by atoms with Crippen LogP contribution in [0.3, 0.4) is 0 Å². The van der Waals surface area contributed by atoms with Crippen LogP contribution in [0.25, 0.3) is 0 Å². The van der Waals surface area contributed by atoms with Crippen molar-refractivity contribution in [1.29, 1.82) is 0 Å². The summed E-state index contributed by atoms with van der Waals surface area (Å²) in [4.78, 5) is 31.8. The molecule has 0 saturated carbocycles. The van der Waals surface area contributed by atoms with E-state index in [1.165, 1.54) is 47.9 Å². The quantitative estimate of drug-likeness (QED) is 0.651. The van der Waals surface area contributed by atoms with Gasteiger partial charge in [0.1, 0.15) is 10.6 Å². The molecule has 0 atom stereocenters. The Morgan fingerprint density at radius 2 is 2.10 bits per heavy atom. The fraction of sp³-hybridized carbons (Fsp3) is 0.167. The SMILES string of the molecule is CN(C)c1ncc(CNC(=O)c2ccc3c(c2)NC(=O)c2cccn2S3(=O)=O)s1. The number of amides is 2. The highest BCUT2D eigenvalue weighted by atomic mass is 32.2. The standard InChI is InChI=1S/C18H17N5O4S2/c1-22(2)18-20-10-12(28-18)9-19-16(24)11-5-6-15-13(8-11)21-17(25)14-4-3-7-23(14)29(15,26)27/h3-8,10H,9H2,1-2H3,(H,19,24)(H,21,25). The van der Waals surface area contributed by atoms with Crippen LogP contribution in [-0.2, 0) is 16.6 Å². The van der Waals surface area contributed by atoms with Crippen molar-refractivity contribution in [3.8, 4) is 0 Å². The number of thiazole rings is 1. The fourth-order valence-corrected chi connectivity index (χ4v) is 5.14. The molecule has 9 nitrogen and oxygen atoms in total. The van der Waals surface area contributed by atoms with Crippen LogP contribution in [0.1, 0.15) is 25.7 Å². The van der Waals surface area contributed by atoms with Crippen LogP contribution in [-0.4, -0.2) is 43.3 Å². The molecule has 1 aliphatic heterocycles. The molecular weight excluding hydrogens is 414 g/mol. The Kier molecular flexibility index (Phi) is 4.63. The first kappa shape index (κ1) is 19.2. The van der Waals surface area contributed by atoms with Crippen LogP contribution in [0, 0.1) is 0 Å². The fourth-order valence-electron chi connectivity index (χ4n) is 2.89. The van der Waals surface area contributed by atoms with E-state index >= 15 is 0 Å². The van der Waals surface area contributed by atoms with Crippen molar-refractivity contribution in [3.63, 3.8) is 0 Å². The molecule has 0 saturated heterocycles. The maximum atomic E-state index is 12.8. The maximum Gasteiger partial charge on any atom is 0.273 e. The molecular formula is C18H17N5O4S2. The molecule has 1 aliphatic rings. The number of hydrogen-bond acceptors (Lipinski definition) is 7. The zero-order valence-electron chi connectivity index (χ0n) is 15.5. The van der Waals surface area contributed by atoms with E-state index in [-0.39, 0.29) is 34.3 Å². The lowest BCUT2D eigenvalue weighted by Crippen LogP contribution is -2.22. The number of rotatable bonds is 4. The van der Waals surface area contributed by atoms with Gasteiger partial charge in [-0.05, 0) is 30.3 Å². The monoisotopic (exact) mass is 431 g/mol. The normalized spacial score (nSPS) is 14.3. The molecule has 150 valence electrons. The zero-order valence-corrected chi connectivity index (χ0v) is 17.2. The second kappa shape index (κ2) is 7.01. The molecule has 0 spiro atoms. The minimum atomic E-state index is -3.94. The molecule has 11 heteroatoms. The predicted molar refractivity (Wildman–Crippen MR) is 109 cm³/mol. The van der Waals surface area contributed by atoms with Gasteiger partial charge < -0.3 is 15.5 Å². The number of carbonyl (C=O) groups is 2. The Bertz CT molecular complexity index is 1230. The first-order valence-corrected chi connectivity index (χ1v) is 10.8.